The molecule has 2 aromatic rings. The van der Waals surface area contributed by atoms with Gasteiger partial charge in [0.05, 0.1) is 12.1 Å². The minimum atomic E-state index is -0.156. The maximum atomic E-state index is 12.3. The number of anilines is 2. The van der Waals surface area contributed by atoms with Crippen LogP contribution in [-0.4, -0.2) is 24.9 Å². The maximum Gasteiger partial charge on any atom is 0.253 e. The number of hydrogen-bond acceptors (Lipinski definition) is 3. The van der Waals surface area contributed by atoms with Crippen LogP contribution in [0.4, 0.5) is 11.4 Å². The molecule has 0 saturated carbocycles. The van der Waals surface area contributed by atoms with Crippen molar-refractivity contribution in [3.05, 3.63) is 59.2 Å². The van der Waals surface area contributed by atoms with Crippen LogP contribution >= 0.6 is 0 Å². The summed E-state index contributed by atoms with van der Waals surface area (Å²) in [6.07, 6.45) is 0. The van der Waals surface area contributed by atoms with Crippen LogP contribution in [0.15, 0.2) is 42.5 Å². The summed E-state index contributed by atoms with van der Waals surface area (Å²) in [5, 5.41) is 8.87. The van der Waals surface area contributed by atoms with Crippen molar-refractivity contribution >= 4 is 23.2 Å². The molecule has 2 amide bonds. The molecule has 138 valence electrons. The molecule has 26 heavy (non-hydrogen) atoms. The Labute approximate surface area is 155 Å². The van der Waals surface area contributed by atoms with Gasteiger partial charge in [-0.25, -0.2) is 0 Å². The number of hydrogen-bond donors (Lipinski definition) is 3. The highest BCUT2D eigenvalue weighted by Crippen LogP contribution is 2.18. The molecule has 0 bridgehead atoms. The zero-order valence-corrected chi connectivity index (χ0v) is 15.8. The largest absolute Gasteiger partial charge is 0.376 e. The summed E-state index contributed by atoms with van der Waals surface area (Å²) in [6, 6.07) is 13.0. The van der Waals surface area contributed by atoms with Crippen LogP contribution in [0.3, 0.4) is 0 Å². The van der Waals surface area contributed by atoms with Gasteiger partial charge >= 0.3 is 0 Å². The minimum absolute atomic E-state index is 0.0852. The molecule has 0 unspecified atom stereocenters. The molecular formula is C21H27N3O2. The molecule has 2 aromatic carbocycles. The summed E-state index contributed by atoms with van der Waals surface area (Å²) in [6.45, 7) is 8.77. The highest BCUT2D eigenvalue weighted by Gasteiger charge is 2.12. The molecule has 2 rings (SSSR count). The lowest BCUT2D eigenvalue weighted by atomic mass is 10.1. The molecule has 0 atom stereocenters. The fourth-order valence-corrected chi connectivity index (χ4v) is 2.48. The number of carbonyl (C=O) groups is 2. The summed E-state index contributed by atoms with van der Waals surface area (Å²) in [5.41, 5.74) is 4.16. The SMILES string of the molecule is Cc1cccc(NC(=O)CNc2ccccc2C(=O)NCC(C)C)c1C. The average Bonchev–Trinajstić information content (AvgIpc) is 2.62. The molecular weight excluding hydrogens is 326 g/mol. The van der Waals surface area contributed by atoms with Crippen molar-refractivity contribution in [1.82, 2.24) is 5.32 Å². The lowest BCUT2D eigenvalue weighted by molar-refractivity contribution is -0.114. The number of rotatable bonds is 7. The topological polar surface area (TPSA) is 70.2 Å². The van der Waals surface area contributed by atoms with Crippen molar-refractivity contribution in [3.8, 4) is 0 Å². The fourth-order valence-electron chi connectivity index (χ4n) is 2.48. The van der Waals surface area contributed by atoms with Crippen LogP contribution in [0.1, 0.15) is 35.3 Å². The van der Waals surface area contributed by atoms with Crippen LogP contribution < -0.4 is 16.0 Å². The van der Waals surface area contributed by atoms with Gasteiger partial charge in [0, 0.05) is 17.9 Å². The third kappa shape index (κ3) is 5.34. The van der Waals surface area contributed by atoms with E-state index >= 15 is 0 Å². The Kier molecular flexibility index (Phi) is 6.78. The summed E-state index contributed by atoms with van der Waals surface area (Å²) >= 11 is 0. The first-order valence-electron chi connectivity index (χ1n) is 8.85. The molecule has 0 radical (unpaired) electrons. The van der Waals surface area contributed by atoms with E-state index < -0.39 is 0 Å². The van der Waals surface area contributed by atoms with E-state index in [1.54, 1.807) is 12.1 Å². The van der Waals surface area contributed by atoms with Crippen molar-refractivity contribution in [1.29, 1.82) is 0 Å². The maximum absolute atomic E-state index is 12.3. The molecule has 5 nitrogen and oxygen atoms in total. The Hall–Kier alpha value is -2.82. The number of amides is 2. The lowest BCUT2D eigenvalue weighted by Crippen LogP contribution is -2.29. The van der Waals surface area contributed by atoms with Crippen molar-refractivity contribution in [2.24, 2.45) is 5.92 Å². The van der Waals surface area contributed by atoms with Crippen LogP contribution in [0, 0.1) is 19.8 Å². The second kappa shape index (κ2) is 9.04. The highest BCUT2D eigenvalue weighted by molar-refractivity contribution is 6.01. The van der Waals surface area contributed by atoms with E-state index in [0.717, 1.165) is 16.8 Å². The van der Waals surface area contributed by atoms with Crippen LogP contribution in [0.25, 0.3) is 0 Å². The molecule has 0 aromatic heterocycles. The van der Waals surface area contributed by atoms with E-state index in [-0.39, 0.29) is 18.4 Å². The Morgan fingerprint density at radius 2 is 1.65 bits per heavy atom. The van der Waals surface area contributed by atoms with Gasteiger partial charge in [0.25, 0.3) is 5.91 Å². The van der Waals surface area contributed by atoms with Gasteiger partial charge in [-0.1, -0.05) is 38.1 Å². The first-order valence-corrected chi connectivity index (χ1v) is 8.85. The number of para-hydroxylation sites is 1. The number of nitrogens with one attached hydrogen (secondary N) is 3. The average molecular weight is 353 g/mol. The first kappa shape index (κ1) is 19.5. The number of benzene rings is 2. The van der Waals surface area contributed by atoms with Crippen LogP contribution in [0.5, 0.6) is 0 Å². The molecule has 3 N–H and O–H groups in total. The van der Waals surface area contributed by atoms with Gasteiger partial charge < -0.3 is 16.0 Å². The van der Waals surface area contributed by atoms with E-state index in [1.165, 1.54) is 0 Å². The summed E-state index contributed by atoms with van der Waals surface area (Å²) in [7, 11) is 0. The molecule has 0 saturated heterocycles. The Morgan fingerprint density at radius 3 is 2.38 bits per heavy atom. The Bertz CT molecular complexity index is 785. The molecule has 5 heteroatoms. The quantitative estimate of drug-likeness (QED) is 0.710. The Balaban J connectivity index is 2.00. The van der Waals surface area contributed by atoms with Gasteiger partial charge in [0.2, 0.25) is 5.91 Å². The van der Waals surface area contributed by atoms with Gasteiger partial charge in [-0.3, -0.25) is 9.59 Å². The number of aryl methyl sites for hydroxylation is 1. The highest BCUT2D eigenvalue weighted by atomic mass is 16.2. The third-order valence-electron chi connectivity index (χ3n) is 4.16. The molecule has 0 fully saturated rings. The predicted molar refractivity (Wildman–Crippen MR) is 107 cm³/mol. The molecule has 0 aliphatic rings. The normalized spacial score (nSPS) is 10.5. The van der Waals surface area contributed by atoms with E-state index in [1.807, 2.05) is 58.0 Å². The van der Waals surface area contributed by atoms with Crippen molar-refractivity contribution < 1.29 is 9.59 Å². The van der Waals surface area contributed by atoms with Gasteiger partial charge in [0.15, 0.2) is 0 Å². The van der Waals surface area contributed by atoms with Crippen molar-refractivity contribution in [2.75, 3.05) is 23.7 Å². The first-order chi connectivity index (χ1) is 12.4. The van der Waals surface area contributed by atoms with Gasteiger partial charge in [-0.15, -0.1) is 0 Å². The molecule has 0 heterocycles. The van der Waals surface area contributed by atoms with Gasteiger partial charge in [0.1, 0.15) is 0 Å². The summed E-state index contributed by atoms with van der Waals surface area (Å²) in [4.78, 5) is 24.6. The van der Waals surface area contributed by atoms with Crippen LogP contribution in [-0.2, 0) is 4.79 Å². The number of carbonyl (C=O) groups excluding carboxylic acids is 2. The van der Waals surface area contributed by atoms with Crippen molar-refractivity contribution in [3.63, 3.8) is 0 Å². The monoisotopic (exact) mass is 353 g/mol. The van der Waals surface area contributed by atoms with Crippen molar-refractivity contribution in [2.45, 2.75) is 27.7 Å². The predicted octanol–water partition coefficient (Wildman–Crippen LogP) is 3.74. The molecule has 0 aliphatic heterocycles. The fraction of sp³-hybridized carbons (Fsp3) is 0.333. The van der Waals surface area contributed by atoms with E-state index in [2.05, 4.69) is 16.0 Å². The molecule has 0 spiro atoms. The summed E-state index contributed by atoms with van der Waals surface area (Å²) < 4.78 is 0. The standard InChI is InChI=1S/C21H27N3O2/c1-14(2)12-23-21(26)17-9-5-6-10-19(17)22-13-20(25)24-18-11-7-8-15(3)16(18)4/h5-11,14,22H,12-13H2,1-4H3,(H,23,26)(H,24,25). The van der Waals surface area contributed by atoms with Gasteiger partial charge in [-0.05, 0) is 49.1 Å². The van der Waals surface area contributed by atoms with E-state index in [4.69, 9.17) is 0 Å². The smallest absolute Gasteiger partial charge is 0.253 e. The van der Waals surface area contributed by atoms with Crippen LogP contribution in [0.2, 0.25) is 0 Å². The zero-order valence-electron chi connectivity index (χ0n) is 15.8. The third-order valence-corrected chi connectivity index (χ3v) is 4.16. The second-order valence-corrected chi connectivity index (χ2v) is 6.80. The van der Waals surface area contributed by atoms with Gasteiger partial charge in [-0.2, -0.15) is 0 Å². The zero-order chi connectivity index (χ0) is 19.1. The van der Waals surface area contributed by atoms with E-state index in [0.29, 0.717) is 23.7 Å². The second-order valence-electron chi connectivity index (χ2n) is 6.80. The minimum Gasteiger partial charge on any atom is -0.376 e. The van der Waals surface area contributed by atoms with E-state index in [9.17, 15) is 9.59 Å². The Morgan fingerprint density at radius 1 is 0.962 bits per heavy atom. The lowest BCUT2D eigenvalue weighted by Gasteiger charge is -2.14. The molecule has 0 aliphatic carbocycles. The summed E-state index contributed by atoms with van der Waals surface area (Å²) in [5.74, 6) is 0.0789.